The van der Waals surface area contributed by atoms with Crippen molar-refractivity contribution in [3.8, 4) is 0 Å². The predicted molar refractivity (Wildman–Crippen MR) is 69.3 cm³/mol. The quantitative estimate of drug-likeness (QED) is 0.790. The van der Waals surface area contributed by atoms with Gasteiger partial charge in [0, 0.05) is 30.8 Å². The van der Waals surface area contributed by atoms with E-state index in [0.29, 0.717) is 24.2 Å². The van der Waals surface area contributed by atoms with Crippen LogP contribution in [0.3, 0.4) is 0 Å². The number of rotatable bonds is 6. The number of hydrogen-bond acceptors (Lipinski definition) is 3. The number of nitrogens with two attached hydrogens (primary N) is 1. The van der Waals surface area contributed by atoms with Gasteiger partial charge in [0.2, 0.25) is 5.91 Å². The van der Waals surface area contributed by atoms with Crippen molar-refractivity contribution >= 4 is 5.91 Å². The van der Waals surface area contributed by atoms with Crippen molar-refractivity contribution in [3.05, 3.63) is 35.1 Å². The summed E-state index contributed by atoms with van der Waals surface area (Å²) in [6.45, 7) is 3.28. The number of likely N-dealkylation sites (N-methyl/N-ethyl adjacent to an activating group) is 2. The first-order chi connectivity index (χ1) is 8.58. The van der Waals surface area contributed by atoms with Gasteiger partial charge < -0.3 is 11.1 Å². The summed E-state index contributed by atoms with van der Waals surface area (Å²) in [4.78, 5) is 13.2. The van der Waals surface area contributed by atoms with E-state index in [-0.39, 0.29) is 24.8 Å². The molecule has 0 aromatic heterocycles. The average molecular weight is 253 g/mol. The Hall–Kier alpha value is -1.46. The zero-order chi connectivity index (χ0) is 13.5. The summed E-state index contributed by atoms with van der Waals surface area (Å²) in [6.07, 6.45) is 0. The van der Waals surface area contributed by atoms with E-state index in [2.05, 4.69) is 5.32 Å². The van der Waals surface area contributed by atoms with Crippen LogP contribution in [0.5, 0.6) is 0 Å². The van der Waals surface area contributed by atoms with Crippen molar-refractivity contribution in [2.24, 2.45) is 5.73 Å². The molecular formula is C13H20FN3O. The number of carbonyl (C=O) groups excluding carboxylic acids is 1. The molecule has 1 amide bonds. The smallest absolute Gasteiger partial charge is 0.234 e. The first kappa shape index (κ1) is 14.6. The minimum absolute atomic E-state index is 0.0598. The standard InChI is InChI=1S/C13H20FN3O/c1-3-16-12(18)9-17(2)8-11-6-4-5-10(7-15)13(11)14/h4-6H,3,7-9,15H2,1-2H3,(H,16,18). The number of amides is 1. The molecule has 0 heterocycles. The fraction of sp³-hybridized carbons (Fsp3) is 0.462. The van der Waals surface area contributed by atoms with E-state index in [9.17, 15) is 9.18 Å². The summed E-state index contributed by atoms with van der Waals surface area (Å²) in [5.74, 6) is -0.335. The number of halogens is 1. The van der Waals surface area contributed by atoms with E-state index < -0.39 is 0 Å². The van der Waals surface area contributed by atoms with E-state index in [1.165, 1.54) is 0 Å². The van der Waals surface area contributed by atoms with E-state index in [0.717, 1.165) is 0 Å². The average Bonchev–Trinajstić information content (AvgIpc) is 2.32. The van der Waals surface area contributed by atoms with Gasteiger partial charge in [-0.2, -0.15) is 0 Å². The van der Waals surface area contributed by atoms with E-state index in [1.54, 1.807) is 30.1 Å². The van der Waals surface area contributed by atoms with Crippen LogP contribution < -0.4 is 11.1 Å². The Labute approximate surface area is 107 Å². The molecule has 0 spiro atoms. The summed E-state index contributed by atoms with van der Waals surface area (Å²) in [5, 5.41) is 2.71. The fourth-order valence-corrected chi connectivity index (χ4v) is 1.76. The molecule has 0 saturated carbocycles. The molecule has 0 radical (unpaired) electrons. The maximum atomic E-state index is 13.9. The second-order valence-corrected chi connectivity index (χ2v) is 4.22. The van der Waals surface area contributed by atoms with Crippen LogP contribution in [-0.2, 0) is 17.9 Å². The third-order valence-corrected chi connectivity index (χ3v) is 2.61. The molecule has 18 heavy (non-hydrogen) atoms. The molecule has 5 heteroatoms. The summed E-state index contributed by atoms with van der Waals surface area (Å²) < 4.78 is 13.9. The number of carbonyl (C=O) groups is 1. The Kier molecular flexibility index (Phi) is 5.74. The highest BCUT2D eigenvalue weighted by Gasteiger charge is 2.11. The van der Waals surface area contributed by atoms with Gasteiger partial charge in [-0.15, -0.1) is 0 Å². The largest absolute Gasteiger partial charge is 0.355 e. The number of nitrogens with one attached hydrogen (secondary N) is 1. The first-order valence-corrected chi connectivity index (χ1v) is 6.00. The van der Waals surface area contributed by atoms with Crippen LogP contribution in [0.1, 0.15) is 18.1 Å². The molecule has 0 atom stereocenters. The van der Waals surface area contributed by atoms with Crippen LogP contribution in [0.4, 0.5) is 4.39 Å². The van der Waals surface area contributed by atoms with Crippen molar-refractivity contribution in [3.63, 3.8) is 0 Å². The van der Waals surface area contributed by atoms with Crippen LogP contribution in [0, 0.1) is 5.82 Å². The molecule has 1 aromatic carbocycles. The summed E-state index contributed by atoms with van der Waals surface area (Å²) >= 11 is 0. The van der Waals surface area contributed by atoms with Crippen LogP contribution in [0.25, 0.3) is 0 Å². The van der Waals surface area contributed by atoms with Crippen molar-refractivity contribution in [1.29, 1.82) is 0 Å². The monoisotopic (exact) mass is 253 g/mol. The molecule has 0 fully saturated rings. The normalized spacial score (nSPS) is 10.7. The molecule has 0 bridgehead atoms. The molecule has 4 nitrogen and oxygen atoms in total. The van der Waals surface area contributed by atoms with Gasteiger partial charge in [0.1, 0.15) is 5.82 Å². The van der Waals surface area contributed by atoms with Crippen molar-refractivity contribution in [1.82, 2.24) is 10.2 Å². The molecule has 0 unspecified atom stereocenters. The van der Waals surface area contributed by atoms with E-state index >= 15 is 0 Å². The SMILES string of the molecule is CCNC(=O)CN(C)Cc1cccc(CN)c1F. The van der Waals surface area contributed by atoms with Crippen LogP contribution in [0.15, 0.2) is 18.2 Å². The highest BCUT2D eigenvalue weighted by atomic mass is 19.1. The van der Waals surface area contributed by atoms with Crippen molar-refractivity contribution in [2.75, 3.05) is 20.1 Å². The number of benzene rings is 1. The van der Waals surface area contributed by atoms with E-state index in [1.807, 2.05) is 6.92 Å². The Balaban J connectivity index is 2.64. The molecule has 1 aromatic rings. The second kappa shape index (κ2) is 7.08. The third-order valence-electron chi connectivity index (χ3n) is 2.61. The molecule has 0 saturated heterocycles. The molecule has 0 aliphatic carbocycles. The van der Waals surface area contributed by atoms with E-state index in [4.69, 9.17) is 5.73 Å². The molecule has 0 aliphatic heterocycles. The third kappa shape index (κ3) is 4.09. The molecule has 3 N–H and O–H groups in total. The lowest BCUT2D eigenvalue weighted by Crippen LogP contribution is -2.34. The van der Waals surface area contributed by atoms with Crippen molar-refractivity contribution < 1.29 is 9.18 Å². The van der Waals surface area contributed by atoms with Crippen LogP contribution in [-0.4, -0.2) is 30.9 Å². The van der Waals surface area contributed by atoms with Crippen LogP contribution in [0.2, 0.25) is 0 Å². The van der Waals surface area contributed by atoms with Gasteiger partial charge in [-0.1, -0.05) is 18.2 Å². The second-order valence-electron chi connectivity index (χ2n) is 4.22. The summed E-state index contributed by atoms with van der Waals surface area (Å²) in [7, 11) is 1.78. The predicted octanol–water partition coefficient (Wildman–Crippen LogP) is 0.852. The van der Waals surface area contributed by atoms with Crippen LogP contribution >= 0.6 is 0 Å². The van der Waals surface area contributed by atoms with Gasteiger partial charge >= 0.3 is 0 Å². The Morgan fingerprint density at radius 2 is 2.11 bits per heavy atom. The topological polar surface area (TPSA) is 58.4 Å². The minimum atomic E-state index is -0.275. The minimum Gasteiger partial charge on any atom is -0.355 e. The molecule has 100 valence electrons. The zero-order valence-corrected chi connectivity index (χ0v) is 10.9. The summed E-state index contributed by atoms with van der Waals surface area (Å²) in [5.41, 5.74) is 6.51. The Bertz CT molecular complexity index is 409. The van der Waals surface area contributed by atoms with Gasteiger partial charge in [-0.3, -0.25) is 9.69 Å². The summed E-state index contributed by atoms with van der Waals surface area (Å²) in [6, 6.07) is 5.16. The van der Waals surface area contributed by atoms with Gasteiger partial charge in [0.05, 0.1) is 6.54 Å². The lowest BCUT2D eigenvalue weighted by Gasteiger charge is -2.17. The Morgan fingerprint density at radius 1 is 1.44 bits per heavy atom. The molecular weight excluding hydrogens is 233 g/mol. The van der Waals surface area contributed by atoms with Gasteiger partial charge in [0.15, 0.2) is 0 Å². The maximum absolute atomic E-state index is 13.9. The van der Waals surface area contributed by atoms with Gasteiger partial charge in [0.25, 0.3) is 0 Å². The molecule has 0 aliphatic rings. The number of hydrogen-bond donors (Lipinski definition) is 2. The Morgan fingerprint density at radius 3 is 2.72 bits per heavy atom. The highest BCUT2D eigenvalue weighted by Crippen LogP contribution is 2.14. The van der Waals surface area contributed by atoms with Gasteiger partial charge in [-0.05, 0) is 14.0 Å². The first-order valence-electron chi connectivity index (χ1n) is 6.00. The lowest BCUT2D eigenvalue weighted by atomic mass is 10.1. The maximum Gasteiger partial charge on any atom is 0.234 e. The fourth-order valence-electron chi connectivity index (χ4n) is 1.76. The highest BCUT2D eigenvalue weighted by molar-refractivity contribution is 5.77. The van der Waals surface area contributed by atoms with Gasteiger partial charge in [-0.25, -0.2) is 4.39 Å². The molecule has 1 rings (SSSR count). The van der Waals surface area contributed by atoms with Crippen molar-refractivity contribution in [2.45, 2.75) is 20.0 Å². The number of nitrogens with zero attached hydrogens (tertiary/aromatic N) is 1. The lowest BCUT2D eigenvalue weighted by molar-refractivity contribution is -0.121. The zero-order valence-electron chi connectivity index (χ0n) is 10.9.